The van der Waals surface area contributed by atoms with Crippen LogP contribution in [0.15, 0.2) is 8.94 Å². The fourth-order valence-corrected chi connectivity index (χ4v) is 1.66. The number of rotatable bonds is 4. The van der Waals surface area contributed by atoms with Gasteiger partial charge in [-0.3, -0.25) is 0 Å². The van der Waals surface area contributed by atoms with Crippen LogP contribution in [0, 0.1) is 12.8 Å². The highest BCUT2D eigenvalue weighted by atomic mass is 16.5. The number of aryl methyl sites for hydroxylation is 1. The number of oxazole rings is 1. The molecule has 2 aromatic heterocycles. The molecule has 0 unspecified atom stereocenters. The summed E-state index contributed by atoms with van der Waals surface area (Å²) in [4.78, 5) is 8.76. The Hall–Kier alpha value is -1.65. The number of aromatic nitrogens is 3. The van der Waals surface area contributed by atoms with Crippen LogP contribution < -0.4 is 0 Å². The smallest absolute Gasteiger partial charge is 0.280 e. The predicted octanol–water partition coefficient (Wildman–Crippen LogP) is 3.35. The molecule has 98 valence electrons. The zero-order chi connectivity index (χ0) is 13.3. The molecule has 5 nitrogen and oxygen atoms in total. The van der Waals surface area contributed by atoms with E-state index in [2.05, 4.69) is 29.0 Å². The fourth-order valence-electron chi connectivity index (χ4n) is 1.66. The SMILES string of the molecule is Cc1oc(C(C)C)nc1-c1nc(CC(C)C)no1. The lowest BCUT2D eigenvalue weighted by molar-refractivity contribution is 0.415. The van der Waals surface area contributed by atoms with Crippen LogP contribution in [-0.2, 0) is 6.42 Å². The first-order valence-electron chi connectivity index (χ1n) is 6.27. The van der Waals surface area contributed by atoms with E-state index >= 15 is 0 Å². The molecule has 18 heavy (non-hydrogen) atoms. The van der Waals surface area contributed by atoms with E-state index < -0.39 is 0 Å². The Bertz CT molecular complexity index is 526. The minimum atomic E-state index is 0.246. The van der Waals surface area contributed by atoms with Gasteiger partial charge in [-0.1, -0.05) is 32.9 Å². The molecular formula is C13H19N3O2. The molecule has 2 heterocycles. The summed E-state index contributed by atoms with van der Waals surface area (Å²) in [6.45, 7) is 10.2. The summed E-state index contributed by atoms with van der Waals surface area (Å²) in [6, 6.07) is 0. The molecule has 0 N–H and O–H groups in total. The van der Waals surface area contributed by atoms with E-state index in [-0.39, 0.29) is 5.92 Å². The second kappa shape index (κ2) is 4.92. The lowest BCUT2D eigenvalue weighted by Crippen LogP contribution is -1.95. The van der Waals surface area contributed by atoms with E-state index in [0.29, 0.717) is 29.2 Å². The number of hydrogen-bond donors (Lipinski definition) is 0. The van der Waals surface area contributed by atoms with Crippen molar-refractivity contribution in [3.05, 3.63) is 17.5 Å². The standard InChI is InChI=1S/C13H19N3O2/c1-7(2)6-10-14-13(18-16-10)11-9(5)17-12(15-11)8(3)4/h7-8H,6H2,1-5H3. The van der Waals surface area contributed by atoms with Crippen LogP contribution in [0.3, 0.4) is 0 Å². The first kappa shape index (κ1) is 12.8. The molecule has 0 bridgehead atoms. The number of hydrogen-bond acceptors (Lipinski definition) is 5. The van der Waals surface area contributed by atoms with Crippen molar-refractivity contribution in [3.8, 4) is 11.6 Å². The van der Waals surface area contributed by atoms with Crippen LogP contribution in [-0.4, -0.2) is 15.1 Å². The Balaban J connectivity index is 2.28. The first-order valence-corrected chi connectivity index (χ1v) is 6.27. The van der Waals surface area contributed by atoms with Gasteiger partial charge in [-0.2, -0.15) is 4.98 Å². The lowest BCUT2D eigenvalue weighted by atomic mass is 10.1. The predicted molar refractivity (Wildman–Crippen MR) is 67.2 cm³/mol. The maximum atomic E-state index is 5.58. The van der Waals surface area contributed by atoms with Crippen molar-refractivity contribution in [3.63, 3.8) is 0 Å². The molecule has 0 saturated heterocycles. The molecule has 0 radical (unpaired) electrons. The van der Waals surface area contributed by atoms with Crippen molar-refractivity contribution < 1.29 is 8.94 Å². The van der Waals surface area contributed by atoms with Gasteiger partial charge >= 0.3 is 0 Å². The van der Waals surface area contributed by atoms with Crippen molar-refractivity contribution in [2.45, 2.75) is 47.0 Å². The van der Waals surface area contributed by atoms with Crippen molar-refractivity contribution in [1.82, 2.24) is 15.1 Å². The second-order valence-electron chi connectivity index (χ2n) is 5.23. The van der Waals surface area contributed by atoms with E-state index in [0.717, 1.165) is 12.2 Å². The summed E-state index contributed by atoms with van der Waals surface area (Å²) in [5.74, 6) is 3.33. The highest BCUT2D eigenvalue weighted by Crippen LogP contribution is 2.25. The summed E-state index contributed by atoms with van der Waals surface area (Å²) >= 11 is 0. The monoisotopic (exact) mass is 249 g/mol. The average molecular weight is 249 g/mol. The molecule has 0 aliphatic carbocycles. The van der Waals surface area contributed by atoms with Crippen molar-refractivity contribution >= 4 is 0 Å². The first-order chi connectivity index (χ1) is 8.47. The Labute approximate surface area is 107 Å². The van der Waals surface area contributed by atoms with Gasteiger partial charge in [-0.15, -0.1) is 0 Å². The molecule has 0 aliphatic rings. The van der Waals surface area contributed by atoms with Gasteiger partial charge in [0.05, 0.1) is 0 Å². The summed E-state index contributed by atoms with van der Waals surface area (Å²) in [7, 11) is 0. The second-order valence-corrected chi connectivity index (χ2v) is 5.23. The van der Waals surface area contributed by atoms with Crippen molar-refractivity contribution in [2.24, 2.45) is 5.92 Å². The number of nitrogens with zero attached hydrogens (tertiary/aromatic N) is 3. The van der Waals surface area contributed by atoms with Crippen LogP contribution in [0.4, 0.5) is 0 Å². The van der Waals surface area contributed by atoms with Gasteiger partial charge in [0.15, 0.2) is 17.4 Å². The maximum absolute atomic E-state index is 5.58. The molecule has 0 fully saturated rings. The van der Waals surface area contributed by atoms with Crippen molar-refractivity contribution in [2.75, 3.05) is 0 Å². The van der Waals surface area contributed by atoms with Crippen LogP contribution in [0.2, 0.25) is 0 Å². The Morgan fingerprint density at radius 1 is 1.11 bits per heavy atom. The Morgan fingerprint density at radius 3 is 2.39 bits per heavy atom. The largest absolute Gasteiger partial charge is 0.445 e. The minimum absolute atomic E-state index is 0.246. The molecule has 0 spiro atoms. The zero-order valence-electron chi connectivity index (χ0n) is 11.5. The molecule has 2 rings (SSSR count). The summed E-state index contributed by atoms with van der Waals surface area (Å²) in [5.41, 5.74) is 0.654. The molecule has 0 aromatic carbocycles. The highest BCUT2D eigenvalue weighted by Gasteiger charge is 2.19. The van der Waals surface area contributed by atoms with E-state index in [4.69, 9.17) is 8.94 Å². The van der Waals surface area contributed by atoms with Crippen LogP contribution in [0.25, 0.3) is 11.6 Å². The minimum Gasteiger partial charge on any atom is -0.445 e. The van der Waals surface area contributed by atoms with Crippen LogP contribution >= 0.6 is 0 Å². The normalized spacial score (nSPS) is 11.7. The average Bonchev–Trinajstić information content (AvgIpc) is 2.83. The highest BCUT2D eigenvalue weighted by molar-refractivity contribution is 5.49. The summed E-state index contributed by atoms with van der Waals surface area (Å²) in [5, 5.41) is 3.96. The third-order valence-corrected chi connectivity index (χ3v) is 2.57. The van der Waals surface area contributed by atoms with E-state index in [9.17, 15) is 0 Å². The third-order valence-electron chi connectivity index (χ3n) is 2.57. The van der Waals surface area contributed by atoms with Gasteiger partial charge in [0, 0.05) is 12.3 Å². The fraction of sp³-hybridized carbons (Fsp3) is 0.615. The lowest BCUT2D eigenvalue weighted by Gasteiger charge is -1.95. The molecular weight excluding hydrogens is 230 g/mol. The Morgan fingerprint density at radius 2 is 1.83 bits per heavy atom. The maximum Gasteiger partial charge on any atom is 0.280 e. The third kappa shape index (κ3) is 2.60. The van der Waals surface area contributed by atoms with Crippen molar-refractivity contribution in [1.29, 1.82) is 0 Å². The molecule has 5 heteroatoms. The Kier molecular flexibility index (Phi) is 3.50. The van der Waals surface area contributed by atoms with Gasteiger partial charge < -0.3 is 8.94 Å². The van der Waals surface area contributed by atoms with E-state index in [1.807, 2.05) is 20.8 Å². The molecule has 0 amide bonds. The molecule has 0 saturated carbocycles. The van der Waals surface area contributed by atoms with E-state index in [1.54, 1.807) is 0 Å². The molecule has 0 aliphatic heterocycles. The van der Waals surface area contributed by atoms with Gasteiger partial charge in [0.25, 0.3) is 5.89 Å². The van der Waals surface area contributed by atoms with Gasteiger partial charge in [-0.05, 0) is 12.8 Å². The summed E-state index contributed by atoms with van der Waals surface area (Å²) in [6.07, 6.45) is 0.803. The van der Waals surface area contributed by atoms with Crippen LogP contribution in [0.5, 0.6) is 0 Å². The van der Waals surface area contributed by atoms with E-state index in [1.165, 1.54) is 0 Å². The summed E-state index contributed by atoms with van der Waals surface area (Å²) < 4.78 is 10.8. The zero-order valence-corrected chi connectivity index (χ0v) is 11.5. The van der Waals surface area contributed by atoms with Gasteiger partial charge in [-0.25, -0.2) is 4.98 Å². The molecule has 0 atom stereocenters. The molecule has 2 aromatic rings. The van der Waals surface area contributed by atoms with Crippen LogP contribution in [0.1, 0.15) is 51.1 Å². The topological polar surface area (TPSA) is 65.0 Å². The van der Waals surface area contributed by atoms with Gasteiger partial charge in [0.2, 0.25) is 0 Å². The quantitative estimate of drug-likeness (QED) is 0.831. The van der Waals surface area contributed by atoms with Gasteiger partial charge in [0.1, 0.15) is 5.76 Å².